The number of allylic oxidation sites excluding steroid dienone is 1. The summed E-state index contributed by atoms with van der Waals surface area (Å²) < 4.78 is 0. The van der Waals surface area contributed by atoms with Crippen molar-refractivity contribution >= 4 is 34.4 Å². The van der Waals surface area contributed by atoms with Crippen LogP contribution in [-0.2, 0) is 0 Å². The third-order valence-corrected chi connectivity index (χ3v) is 3.26. The number of H-pyrrole nitrogens is 1. The van der Waals surface area contributed by atoms with Gasteiger partial charge in [0.15, 0.2) is 5.78 Å². The zero-order valence-electron chi connectivity index (χ0n) is 10.5. The molecule has 0 radical (unpaired) electrons. The van der Waals surface area contributed by atoms with Crippen LogP contribution in [0.2, 0.25) is 5.02 Å². The monoisotopic (exact) mass is 282 g/mol. The van der Waals surface area contributed by atoms with Crippen molar-refractivity contribution in [1.29, 1.82) is 0 Å². The predicted octanol–water partition coefficient (Wildman–Crippen LogP) is 4.11. The molecule has 0 atom stereocenters. The van der Waals surface area contributed by atoms with Gasteiger partial charge in [-0.05, 0) is 35.9 Å². The topological polar surface area (TPSA) is 45.8 Å². The van der Waals surface area contributed by atoms with Crippen LogP contribution in [0, 0.1) is 0 Å². The number of hydrogen-bond donors (Lipinski definition) is 1. The zero-order chi connectivity index (χ0) is 13.9. The maximum Gasteiger partial charge on any atom is 0.188 e. The van der Waals surface area contributed by atoms with Gasteiger partial charge < -0.3 is 4.98 Å². The lowest BCUT2D eigenvalue weighted by molar-refractivity contribution is 0.104. The number of benzene rings is 1. The Labute approximate surface area is 120 Å². The Bertz CT molecular complexity index is 791. The van der Waals surface area contributed by atoms with Gasteiger partial charge in [-0.3, -0.25) is 9.78 Å². The number of nitrogens with zero attached hydrogens (tertiary/aromatic N) is 1. The Morgan fingerprint density at radius 2 is 2.20 bits per heavy atom. The summed E-state index contributed by atoms with van der Waals surface area (Å²) in [6.07, 6.45) is 8.41. The fourth-order valence-corrected chi connectivity index (χ4v) is 2.21. The third-order valence-electron chi connectivity index (χ3n) is 3.02. The van der Waals surface area contributed by atoms with Gasteiger partial charge in [-0.1, -0.05) is 23.7 Å². The van der Waals surface area contributed by atoms with E-state index in [9.17, 15) is 4.79 Å². The predicted molar refractivity (Wildman–Crippen MR) is 80.9 cm³/mol. The maximum absolute atomic E-state index is 12.2. The van der Waals surface area contributed by atoms with E-state index in [2.05, 4.69) is 9.97 Å². The molecule has 0 saturated heterocycles. The summed E-state index contributed by atoms with van der Waals surface area (Å²) in [6.45, 7) is 0. The molecule has 0 spiro atoms. The number of fused-ring (bicyclic) bond motifs is 1. The molecule has 0 bridgehead atoms. The molecule has 0 unspecified atom stereocenters. The normalized spacial score (nSPS) is 11.2. The number of pyridine rings is 1. The summed E-state index contributed by atoms with van der Waals surface area (Å²) in [5, 5.41) is 1.51. The largest absolute Gasteiger partial charge is 0.360 e. The van der Waals surface area contributed by atoms with Gasteiger partial charge in [-0.15, -0.1) is 0 Å². The van der Waals surface area contributed by atoms with E-state index in [1.165, 1.54) is 0 Å². The minimum atomic E-state index is -0.0533. The molecule has 20 heavy (non-hydrogen) atoms. The number of nitrogens with one attached hydrogen (secondary N) is 1. The number of aromatic amines is 1. The minimum Gasteiger partial charge on any atom is -0.360 e. The summed E-state index contributed by atoms with van der Waals surface area (Å²) in [7, 11) is 0. The Morgan fingerprint density at radius 1 is 1.30 bits per heavy atom. The average Bonchev–Trinajstić information content (AvgIpc) is 2.89. The highest BCUT2D eigenvalue weighted by atomic mass is 35.5. The average molecular weight is 283 g/mol. The number of carbonyl (C=O) groups excluding carboxylic acids is 1. The molecule has 0 aliphatic rings. The number of rotatable bonds is 3. The summed E-state index contributed by atoms with van der Waals surface area (Å²) in [5.41, 5.74) is 2.39. The molecule has 1 aromatic carbocycles. The molecule has 2 aromatic heterocycles. The van der Waals surface area contributed by atoms with Gasteiger partial charge in [-0.25, -0.2) is 0 Å². The van der Waals surface area contributed by atoms with Gasteiger partial charge in [0, 0.05) is 40.1 Å². The van der Waals surface area contributed by atoms with E-state index in [1.54, 1.807) is 42.9 Å². The molecule has 3 aromatic rings. The molecule has 0 saturated carbocycles. The lowest BCUT2D eigenvalue weighted by Crippen LogP contribution is -1.92. The van der Waals surface area contributed by atoms with Gasteiger partial charge in [-0.2, -0.15) is 0 Å². The van der Waals surface area contributed by atoms with E-state index in [1.807, 2.05) is 18.2 Å². The van der Waals surface area contributed by atoms with Gasteiger partial charge >= 0.3 is 0 Å². The molecule has 0 fully saturated rings. The van der Waals surface area contributed by atoms with Crippen LogP contribution in [0.1, 0.15) is 15.9 Å². The molecule has 0 aliphatic carbocycles. The number of aromatic nitrogens is 2. The lowest BCUT2D eigenvalue weighted by Gasteiger charge is -1.95. The smallest absolute Gasteiger partial charge is 0.188 e. The van der Waals surface area contributed by atoms with E-state index in [4.69, 9.17) is 11.6 Å². The van der Waals surface area contributed by atoms with Crippen molar-refractivity contribution in [2.45, 2.75) is 0 Å². The zero-order valence-corrected chi connectivity index (χ0v) is 11.3. The van der Waals surface area contributed by atoms with Crippen LogP contribution < -0.4 is 0 Å². The highest BCUT2D eigenvalue weighted by Gasteiger charge is 2.09. The van der Waals surface area contributed by atoms with Crippen LogP contribution in [0.15, 0.2) is 55.0 Å². The Hall–Kier alpha value is -2.39. The van der Waals surface area contributed by atoms with E-state index >= 15 is 0 Å². The second-order valence-corrected chi connectivity index (χ2v) is 4.81. The SMILES string of the molecule is O=C(C=Cc1cccnc1)c1c[nH]c2cc(Cl)ccc12. The van der Waals surface area contributed by atoms with Crippen LogP contribution in [0.3, 0.4) is 0 Å². The molecule has 0 aliphatic heterocycles. The van der Waals surface area contributed by atoms with Crippen molar-refractivity contribution in [3.63, 3.8) is 0 Å². The molecular formula is C16H11ClN2O. The quantitative estimate of drug-likeness (QED) is 0.580. The van der Waals surface area contributed by atoms with Crippen molar-refractivity contribution in [3.8, 4) is 0 Å². The Morgan fingerprint density at radius 3 is 3.00 bits per heavy atom. The molecule has 3 rings (SSSR count). The first-order valence-corrected chi connectivity index (χ1v) is 6.51. The number of hydrogen-bond acceptors (Lipinski definition) is 2. The highest BCUT2D eigenvalue weighted by molar-refractivity contribution is 6.31. The first-order chi connectivity index (χ1) is 9.74. The molecule has 4 heteroatoms. The van der Waals surface area contributed by atoms with Crippen LogP contribution in [-0.4, -0.2) is 15.8 Å². The number of halogens is 1. The standard InChI is InChI=1S/C16H11ClN2O/c17-12-4-5-13-14(10-19-15(13)8-12)16(20)6-3-11-2-1-7-18-9-11/h1-10,19H. The number of ketones is 1. The summed E-state index contributed by atoms with van der Waals surface area (Å²) in [6, 6.07) is 9.15. The molecule has 2 heterocycles. The van der Waals surface area contributed by atoms with E-state index in [0.29, 0.717) is 10.6 Å². The molecular weight excluding hydrogens is 272 g/mol. The van der Waals surface area contributed by atoms with E-state index < -0.39 is 0 Å². The fraction of sp³-hybridized carbons (Fsp3) is 0. The molecule has 3 nitrogen and oxygen atoms in total. The number of carbonyl (C=O) groups is 1. The highest BCUT2D eigenvalue weighted by Crippen LogP contribution is 2.22. The molecule has 0 amide bonds. The molecule has 1 N–H and O–H groups in total. The Kier molecular flexibility index (Phi) is 3.35. The van der Waals surface area contributed by atoms with E-state index in [-0.39, 0.29) is 5.78 Å². The van der Waals surface area contributed by atoms with Crippen LogP contribution in [0.5, 0.6) is 0 Å². The van der Waals surface area contributed by atoms with Gasteiger partial charge in [0.2, 0.25) is 0 Å². The summed E-state index contributed by atoms with van der Waals surface area (Å²) in [5.74, 6) is -0.0533. The van der Waals surface area contributed by atoms with Crippen molar-refractivity contribution in [2.75, 3.05) is 0 Å². The summed E-state index contributed by atoms with van der Waals surface area (Å²) >= 11 is 5.92. The van der Waals surface area contributed by atoms with Crippen molar-refractivity contribution in [2.24, 2.45) is 0 Å². The maximum atomic E-state index is 12.2. The van der Waals surface area contributed by atoms with Crippen LogP contribution in [0.4, 0.5) is 0 Å². The lowest BCUT2D eigenvalue weighted by atomic mass is 10.1. The first kappa shape index (κ1) is 12.6. The Balaban J connectivity index is 1.91. The van der Waals surface area contributed by atoms with Crippen LogP contribution in [0.25, 0.3) is 17.0 Å². The molecule has 98 valence electrons. The first-order valence-electron chi connectivity index (χ1n) is 6.13. The second kappa shape index (κ2) is 5.31. The van der Waals surface area contributed by atoms with Crippen molar-refractivity contribution in [1.82, 2.24) is 9.97 Å². The van der Waals surface area contributed by atoms with Gasteiger partial charge in [0.05, 0.1) is 0 Å². The van der Waals surface area contributed by atoms with Crippen molar-refractivity contribution < 1.29 is 4.79 Å². The van der Waals surface area contributed by atoms with Gasteiger partial charge in [0.1, 0.15) is 0 Å². The summed E-state index contributed by atoms with van der Waals surface area (Å²) in [4.78, 5) is 19.3. The second-order valence-electron chi connectivity index (χ2n) is 4.38. The third kappa shape index (κ3) is 2.49. The minimum absolute atomic E-state index is 0.0533. The van der Waals surface area contributed by atoms with Crippen molar-refractivity contribution in [3.05, 3.63) is 71.1 Å². The van der Waals surface area contributed by atoms with Gasteiger partial charge in [0.25, 0.3) is 0 Å². The fourth-order valence-electron chi connectivity index (χ4n) is 2.04. The van der Waals surface area contributed by atoms with E-state index in [0.717, 1.165) is 16.5 Å². The van der Waals surface area contributed by atoms with Crippen LogP contribution >= 0.6 is 11.6 Å².